The zero-order valence-electron chi connectivity index (χ0n) is 23.3. The number of rotatable bonds is 1. The van der Waals surface area contributed by atoms with E-state index in [0.29, 0.717) is 0 Å². The van der Waals surface area contributed by atoms with Gasteiger partial charge in [0.15, 0.2) is 0 Å². The standard InChI is InChI=1S/C41H25NS/c1-2-13-28-26(11-1)12-9-15-29(28)27-23-24-39-35(25-27)41(33-18-5-8-22-38(33)43-39)32-17-4-7-21-37(32)42-36-20-6-3-14-30(36)31-16-10-19-34(41)40(31)42/h1-25H. The number of hydrogen-bond acceptors (Lipinski definition) is 1. The smallest absolute Gasteiger partial charge is 0.0764 e. The number of benzene rings is 7. The second-order valence-electron chi connectivity index (χ2n) is 11.7. The van der Waals surface area contributed by atoms with Crippen molar-refractivity contribution in [1.29, 1.82) is 0 Å². The van der Waals surface area contributed by atoms with E-state index in [0.717, 1.165) is 0 Å². The van der Waals surface area contributed by atoms with E-state index in [-0.39, 0.29) is 0 Å². The lowest BCUT2D eigenvalue weighted by Gasteiger charge is -2.45. The van der Waals surface area contributed by atoms with Crippen molar-refractivity contribution in [2.24, 2.45) is 0 Å². The first-order chi connectivity index (χ1) is 21.3. The highest BCUT2D eigenvalue weighted by Crippen LogP contribution is 2.60. The molecule has 2 aliphatic rings. The molecular weight excluding hydrogens is 539 g/mol. The van der Waals surface area contributed by atoms with E-state index in [1.165, 1.54) is 81.4 Å². The summed E-state index contributed by atoms with van der Waals surface area (Å²) < 4.78 is 2.51. The van der Waals surface area contributed by atoms with Crippen molar-refractivity contribution in [3.63, 3.8) is 0 Å². The van der Waals surface area contributed by atoms with E-state index in [1.807, 2.05) is 11.8 Å². The summed E-state index contributed by atoms with van der Waals surface area (Å²) in [6.45, 7) is 0. The van der Waals surface area contributed by atoms with Gasteiger partial charge in [-0.05, 0) is 74.5 Å². The van der Waals surface area contributed by atoms with Crippen molar-refractivity contribution in [3.8, 4) is 16.8 Å². The minimum Gasteiger partial charge on any atom is -0.309 e. The molecule has 0 radical (unpaired) electrons. The van der Waals surface area contributed by atoms with Gasteiger partial charge in [0.05, 0.1) is 22.1 Å². The Kier molecular flexibility index (Phi) is 4.65. The van der Waals surface area contributed by atoms with Crippen molar-refractivity contribution in [2.45, 2.75) is 15.2 Å². The van der Waals surface area contributed by atoms with E-state index in [1.54, 1.807) is 0 Å². The summed E-state index contributed by atoms with van der Waals surface area (Å²) in [5.74, 6) is 0. The van der Waals surface area contributed by atoms with Crippen LogP contribution < -0.4 is 0 Å². The molecule has 1 nitrogen and oxygen atoms in total. The quantitative estimate of drug-likeness (QED) is 0.192. The molecule has 0 saturated heterocycles. The third-order valence-corrected chi connectivity index (χ3v) is 10.8. The minimum atomic E-state index is -0.460. The van der Waals surface area contributed by atoms with E-state index < -0.39 is 5.41 Å². The Morgan fingerprint density at radius 1 is 0.465 bits per heavy atom. The molecule has 0 saturated carbocycles. The Bertz CT molecular complexity index is 2440. The SMILES string of the molecule is c1ccc2c(c1)Sc1ccc(-c3cccc4ccccc34)cc1C21c2ccccc2-n2c3ccccc3c3cccc1c32. The Morgan fingerprint density at radius 3 is 2.09 bits per heavy atom. The van der Waals surface area contributed by atoms with Crippen LogP contribution in [0.2, 0.25) is 0 Å². The zero-order chi connectivity index (χ0) is 28.1. The van der Waals surface area contributed by atoms with Crippen LogP contribution in [0, 0.1) is 0 Å². The van der Waals surface area contributed by atoms with Crippen LogP contribution in [0.3, 0.4) is 0 Å². The fraction of sp³-hybridized carbons (Fsp3) is 0.0244. The van der Waals surface area contributed by atoms with Gasteiger partial charge in [-0.2, -0.15) is 0 Å². The largest absolute Gasteiger partial charge is 0.309 e. The highest BCUT2D eigenvalue weighted by atomic mass is 32.2. The molecule has 0 aliphatic carbocycles. The fourth-order valence-corrected chi connectivity index (χ4v) is 9.14. The Hall–Kier alpha value is -5.05. The van der Waals surface area contributed by atoms with E-state index in [9.17, 15) is 0 Å². The number of para-hydroxylation sites is 3. The molecule has 3 heterocycles. The second kappa shape index (κ2) is 8.50. The van der Waals surface area contributed by atoms with Gasteiger partial charge >= 0.3 is 0 Å². The number of nitrogens with zero attached hydrogens (tertiary/aromatic N) is 1. The summed E-state index contributed by atoms with van der Waals surface area (Å²) in [6.07, 6.45) is 0. The third kappa shape index (κ3) is 2.94. The summed E-state index contributed by atoms with van der Waals surface area (Å²) in [7, 11) is 0. The fourth-order valence-electron chi connectivity index (χ4n) is 7.97. The molecule has 7 aromatic carbocycles. The summed E-state index contributed by atoms with van der Waals surface area (Å²) in [6, 6.07) is 56.6. The lowest BCUT2D eigenvalue weighted by molar-refractivity contribution is 0.690. The van der Waals surface area contributed by atoms with Crippen molar-refractivity contribution in [3.05, 3.63) is 174 Å². The number of fused-ring (bicyclic) bond motifs is 12. The van der Waals surface area contributed by atoms with E-state index >= 15 is 0 Å². The topological polar surface area (TPSA) is 4.93 Å². The van der Waals surface area contributed by atoms with Crippen molar-refractivity contribution < 1.29 is 0 Å². The van der Waals surface area contributed by atoms with Crippen molar-refractivity contribution >= 4 is 44.3 Å². The molecule has 0 N–H and O–H groups in total. The van der Waals surface area contributed by atoms with Crippen LogP contribution in [0.1, 0.15) is 22.3 Å². The maximum atomic E-state index is 2.51. The van der Waals surface area contributed by atoms with Crippen LogP contribution >= 0.6 is 11.8 Å². The van der Waals surface area contributed by atoms with Gasteiger partial charge in [-0.15, -0.1) is 0 Å². The molecule has 0 fully saturated rings. The van der Waals surface area contributed by atoms with Crippen LogP contribution in [0.15, 0.2) is 161 Å². The predicted octanol–water partition coefficient (Wildman–Crippen LogP) is 10.8. The average Bonchev–Trinajstić information content (AvgIpc) is 3.41. The summed E-state index contributed by atoms with van der Waals surface area (Å²) >= 11 is 1.90. The monoisotopic (exact) mass is 563 g/mol. The lowest BCUT2D eigenvalue weighted by atomic mass is 9.62. The highest BCUT2D eigenvalue weighted by molar-refractivity contribution is 7.99. The van der Waals surface area contributed by atoms with Gasteiger partial charge in [-0.3, -0.25) is 0 Å². The molecule has 1 aromatic heterocycles. The number of hydrogen-bond donors (Lipinski definition) is 0. The molecule has 1 atom stereocenters. The second-order valence-corrected chi connectivity index (χ2v) is 12.7. The van der Waals surface area contributed by atoms with Gasteiger partial charge < -0.3 is 4.57 Å². The van der Waals surface area contributed by atoms with E-state index in [4.69, 9.17) is 0 Å². The highest BCUT2D eigenvalue weighted by Gasteiger charge is 2.49. The lowest BCUT2D eigenvalue weighted by Crippen LogP contribution is -2.37. The Morgan fingerprint density at radius 2 is 1.14 bits per heavy atom. The molecule has 1 spiro atoms. The van der Waals surface area contributed by atoms with Gasteiger partial charge in [0.25, 0.3) is 0 Å². The molecule has 2 heteroatoms. The number of aromatic nitrogens is 1. The van der Waals surface area contributed by atoms with Crippen molar-refractivity contribution in [2.75, 3.05) is 0 Å². The average molecular weight is 564 g/mol. The minimum absolute atomic E-state index is 0.460. The van der Waals surface area contributed by atoms with E-state index in [2.05, 4.69) is 156 Å². The van der Waals surface area contributed by atoms with Crippen molar-refractivity contribution in [1.82, 2.24) is 4.57 Å². The van der Waals surface area contributed by atoms with Crippen LogP contribution in [0.25, 0.3) is 49.4 Å². The maximum Gasteiger partial charge on any atom is 0.0764 e. The molecule has 10 rings (SSSR count). The molecule has 2 aliphatic heterocycles. The van der Waals surface area contributed by atoms with Gasteiger partial charge in [-0.1, -0.05) is 133 Å². The van der Waals surface area contributed by atoms with Crippen LogP contribution in [0.5, 0.6) is 0 Å². The third-order valence-electron chi connectivity index (χ3n) is 9.64. The molecule has 43 heavy (non-hydrogen) atoms. The first-order valence-electron chi connectivity index (χ1n) is 14.9. The normalized spacial score (nSPS) is 16.4. The van der Waals surface area contributed by atoms with Gasteiger partial charge in [-0.25, -0.2) is 0 Å². The summed E-state index contributed by atoms with van der Waals surface area (Å²) in [5.41, 5.74) is 11.3. The summed E-state index contributed by atoms with van der Waals surface area (Å²) in [5, 5.41) is 5.16. The zero-order valence-corrected chi connectivity index (χ0v) is 24.1. The van der Waals surface area contributed by atoms with Gasteiger partial charge in [0, 0.05) is 20.6 Å². The molecule has 0 bridgehead atoms. The maximum absolute atomic E-state index is 2.51. The first kappa shape index (κ1) is 23.5. The van der Waals surface area contributed by atoms with Crippen LogP contribution in [0.4, 0.5) is 0 Å². The van der Waals surface area contributed by atoms with Gasteiger partial charge in [0.2, 0.25) is 0 Å². The molecule has 8 aromatic rings. The molecule has 0 amide bonds. The van der Waals surface area contributed by atoms with Crippen LogP contribution in [-0.4, -0.2) is 4.57 Å². The predicted molar refractivity (Wildman–Crippen MR) is 180 cm³/mol. The van der Waals surface area contributed by atoms with Crippen LogP contribution in [-0.2, 0) is 5.41 Å². The Labute approximate surface area is 254 Å². The van der Waals surface area contributed by atoms with Gasteiger partial charge in [0.1, 0.15) is 0 Å². The summed E-state index contributed by atoms with van der Waals surface area (Å²) in [4.78, 5) is 2.64. The molecular formula is C41H25NS. The molecule has 200 valence electrons. The Balaban J connectivity index is 1.40. The first-order valence-corrected chi connectivity index (χ1v) is 15.7. The molecule has 1 unspecified atom stereocenters.